The van der Waals surface area contributed by atoms with Crippen molar-refractivity contribution >= 4 is 18.3 Å². The van der Waals surface area contributed by atoms with Crippen molar-refractivity contribution in [2.24, 2.45) is 0 Å². The van der Waals surface area contributed by atoms with Gasteiger partial charge in [0.15, 0.2) is 0 Å². The van der Waals surface area contributed by atoms with E-state index in [2.05, 4.69) is 11.6 Å². The van der Waals surface area contributed by atoms with Gasteiger partial charge in [0.25, 0.3) is 5.56 Å². The van der Waals surface area contributed by atoms with Crippen LogP contribution in [0.1, 0.15) is 45.9 Å². The number of hydrogen-bond donors (Lipinski definition) is 0. The van der Waals surface area contributed by atoms with Crippen LogP contribution in [0.2, 0.25) is 0 Å². The molecule has 2 aromatic rings. The number of aromatic nitrogens is 2. The maximum Gasteiger partial charge on any atom is 0.279 e. The molecule has 0 bridgehead atoms. The van der Waals surface area contributed by atoms with Crippen LogP contribution in [0, 0.1) is 0 Å². The Morgan fingerprint density at radius 3 is 2.57 bits per heavy atom. The molecule has 1 aliphatic heterocycles. The van der Waals surface area contributed by atoms with Crippen molar-refractivity contribution in [2.45, 2.75) is 45.8 Å². The zero-order chi connectivity index (χ0) is 15.6. The predicted molar refractivity (Wildman–Crippen MR) is 83.5 cm³/mol. The number of hydrogen-bond acceptors (Lipinski definition) is 3. The molecule has 21 heavy (non-hydrogen) atoms. The van der Waals surface area contributed by atoms with Crippen LogP contribution in [0.5, 0.6) is 0 Å². The van der Waals surface area contributed by atoms with Gasteiger partial charge in [0, 0.05) is 11.4 Å². The van der Waals surface area contributed by atoms with Crippen LogP contribution in [0.4, 0.5) is 0 Å². The summed E-state index contributed by atoms with van der Waals surface area (Å²) in [7, 11) is 0. The summed E-state index contributed by atoms with van der Waals surface area (Å²) >= 11 is 0. The standard InChI is InChI=1S/C17H20N2O2/c1-7-11-10(2)8-9-19-13-12(15(20)18-14(11)19)16(3,4)21-17(13,5)6/h7-9H,2H2,1,3-6H3. The summed E-state index contributed by atoms with van der Waals surface area (Å²) in [6, 6.07) is 1.94. The van der Waals surface area contributed by atoms with E-state index < -0.39 is 11.2 Å². The molecule has 110 valence electrons. The van der Waals surface area contributed by atoms with E-state index in [0.717, 1.165) is 16.1 Å². The van der Waals surface area contributed by atoms with Crippen molar-refractivity contribution in [1.29, 1.82) is 0 Å². The molecule has 0 fully saturated rings. The molecule has 0 spiro atoms. The number of pyridine rings is 1. The third-order valence-electron chi connectivity index (χ3n) is 4.11. The molecule has 0 atom stereocenters. The van der Waals surface area contributed by atoms with Crippen LogP contribution in [0.25, 0.3) is 18.3 Å². The quantitative estimate of drug-likeness (QED) is 0.734. The van der Waals surface area contributed by atoms with Crippen molar-refractivity contribution in [2.75, 3.05) is 0 Å². The van der Waals surface area contributed by atoms with Gasteiger partial charge in [-0.25, -0.2) is 0 Å². The van der Waals surface area contributed by atoms with Crippen LogP contribution >= 0.6 is 0 Å². The Balaban J connectivity index is 2.65. The fourth-order valence-corrected chi connectivity index (χ4v) is 3.45. The van der Waals surface area contributed by atoms with Crippen molar-refractivity contribution in [1.82, 2.24) is 9.38 Å². The third-order valence-corrected chi connectivity index (χ3v) is 4.11. The van der Waals surface area contributed by atoms with Gasteiger partial charge >= 0.3 is 0 Å². The highest BCUT2D eigenvalue weighted by atomic mass is 16.5. The summed E-state index contributed by atoms with van der Waals surface area (Å²) in [5.41, 5.74) is 0.771. The smallest absolute Gasteiger partial charge is 0.279 e. The van der Waals surface area contributed by atoms with Gasteiger partial charge in [0.2, 0.25) is 0 Å². The van der Waals surface area contributed by atoms with Crippen LogP contribution in [-0.4, -0.2) is 9.38 Å². The molecule has 2 aromatic heterocycles. The van der Waals surface area contributed by atoms with Crippen LogP contribution < -0.4 is 16.0 Å². The molecule has 0 saturated carbocycles. The first kappa shape index (κ1) is 14.0. The lowest BCUT2D eigenvalue weighted by Gasteiger charge is -2.24. The molecule has 4 nitrogen and oxygen atoms in total. The SMILES string of the molecule is C=c1ccn2c3c(c(=O)nc2c1=CC)C(C)(C)OC3(C)C. The minimum absolute atomic E-state index is 0.214. The van der Waals surface area contributed by atoms with Crippen LogP contribution in [0.15, 0.2) is 17.1 Å². The average Bonchev–Trinajstić information content (AvgIpc) is 2.55. The Bertz CT molecular complexity index is 920. The minimum atomic E-state index is -0.636. The predicted octanol–water partition coefficient (Wildman–Crippen LogP) is 1.41. The number of rotatable bonds is 0. The maximum absolute atomic E-state index is 12.6. The summed E-state index contributed by atoms with van der Waals surface area (Å²) in [5.74, 6) is 0. The molecule has 0 amide bonds. The first-order valence-corrected chi connectivity index (χ1v) is 7.11. The Morgan fingerprint density at radius 1 is 1.29 bits per heavy atom. The van der Waals surface area contributed by atoms with Crippen molar-refractivity contribution < 1.29 is 4.74 Å². The van der Waals surface area contributed by atoms with E-state index in [0.29, 0.717) is 11.2 Å². The Labute approximate surface area is 123 Å². The lowest BCUT2D eigenvalue weighted by Crippen LogP contribution is -2.33. The first-order valence-electron chi connectivity index (χ1n) is 7.11. The molecule has 3 rings (SSSR count). The Kier molecular flexibility index (Phi) is 2.70. The van der Waals surface area contributed by atoms with Gasteiger partial charge in [-0.15, -0.1) is 0 Å². The van der Waals surface area contributed by atoms with Gasteiger partial charge in [0.05, 0.1) is 16.9 Å². The molecule has 0 aliphatic carbocycles. The van der Waals surface area contributed by atoms with E-state index in [9.17, 15) is 4.79 Å². The van der Waals surface area contributed by atoms with Gasteiger partial charge in [-0.1, -0.05) is 12.7 Å². The monoisotopic (exact) mass is 284 g/mol. The highest BCUT2D eigenvalue weighted by molar-refractivity contribution is 5.50. The lowest BCUT2D eigenvalue weighted by molar-refractivity contribution is -0.106. The molecule has 1 aliphatic rings. The highest BCUT2D eigenvalue weighted by Gasteiger charge is 2.47. The summed E-state index contributed by atoms with van der Waals surface area (Å²) in [5, 5.41) is 1.75. The zero-order valence-electron chi connectivity index (χ0n) is 13.2. The maximum atomic E-state index is 12.6. The van der Waals surface area contributed by atoms with E-state index in [1.807, 2.05) is 57.4 Å². The molecule has 0 aromatic carbocycles. The molecular formula is C17H20N2O2. The van der Waals surface area contributed by atoms with Gasteiger partial charge in [-0.05, 0) is 45.9 Å². The van der Waals surface area contributed by atoms with E-state index in [-0.39, 0.29) is 5.56 Å². The Hall–Kier alpha value is -1.94. The van der Waals surface area contributed by atoms with E-state index >= 15 is 0 Å². The number of fused-ring (bicyclic) bond motifs is 3. The molecular weight excluding hydrogens is 264 g/mol. The second-order valence-electron chi connectivity index (χ2n) is 6.50. The van der Waals surface area contributed by atoms with Crippen molar-refractivity contribution in [3.05, 3.63) is 44.3 Å². The van der Waals surface area contributed by atoms with Crippen molar-refractivity contribution in [3.63, 3.8) is 0 Å². The van der Waals surface area contributed by atoms with Gasteiger partial charge < -0.3 is 9.14 Å². The fourth-order valence-electron chi connectivity index (χ4n) is 3.45. The normalized spacial score (nSPS) is 20.0. The van der Waals surface area contributed by atoms with E-state index in [4.69, 9.17) is 4.74 Å². The number of ether oxygens (including phenoxy) is 1. The zero-order valence-corrected chi connectivity index (χ0v) is 13.2. The highest BCUT2D eigenvalue weighted by Crippen LogP contribution is 2.44. The molecule has 4 heteroatoms. The van der Waals surface area contributed by atoms with Gasteiger partial charge in [-0.2, -0.15) is 4.98 Å². The second kappa shape index (κ2) is 4.04. The summed E-state index contributed by atoms with van der Waals surface area (Å²) in [4.78, 5) is 16.9. The van der Waals surface area contributed by atoms with Gasteiger partial charge in [-0.3, -0.25) is 4.79 Å². The average molecular weight is 284 g/mol. The first-order chi connectivity index (χ1) is 9.69. The van der Waals surface area contributed by atoms with Crippen molar-refractivity contribution in [3.8, 4) is 0 Å². The molecule has 0 radical (unpaired) electrons. The molecule has 0 unspecified atom stereocenters. The van der Waals surface area contributed by atoms with Gasteiger partial charge in [0.1, 0.15) is 11.2 Å². The Morgan fingerprint density at radius 2 is 1.95 bits per heavy atom. The lowest BCUT2D eigenvalue weighted by atomic mass is 9.96. The van der Waals surface area contributed by atoms with Crippen LogP contribution in [-0.2, 0) is 15.9 Å². The largest absolute Gasteiger partial charge is 0.358 e. The molecule has 0 saturated heterocycles. The molecule has 3 heterocycles. The third kappa shape index (κ3) is 1.79. The van der Waals surface area contributed by atoms with E-state index in [1.165, 1.54) is 0 Å². The summed E-state index contributed by atoms with van der Waals surface area (Å²) in [6.07, 6.45) is 3.85. The van der Waals surface area contributed by atoms with E-state index in [1.54, 1.807) is 0 Å². The molecule has 0 N–H and O–H groups in total. The fraction of sp³-hybridized carbons (Fsp3) is 0.412. The minimum Gasteiger partial charge on any atom is -0.358 e. The number of nitrogens with zero attached hydrogens (tertiary/aromatic N) is 2. The van der Waals surface area contributed by atoms with Crippen LogP contribution in [0.3, 0.4) is 0 Å². The second-order valence-corrected chi connectivity index (χ2v) is 6.50. The summed E-state index contributed by atoms with van der Waals surface area (Å²) in [6.45, 7) is 13.7. The topological polar surface area (TPSA) is 43.6 Å². The summed E-state index contributed by atoms with van der Waals surface area (Å²) < 4.78 is 8.08.